The maximum absolute atomic E-state index is 13.4. The Morgan fingerprint density at radius 1 is 0.879 bits per heavy atom. The summed E-state index contributed by atoms with van der Waals surface area (Å²) in [7, 11) is 0. The van der Waals surface area contributed by atoms with Gasteiger partial charge in [-0.15, -0.1) is 0 Å². The van der Waals surface area contributed by atoms with E-state index in [0.717, 1.165) is 17.5 Å². The van der Waals surface area contributed by atoms with E-state index < -0.39 is 11.7 Å². The Labute approximate surface area is 196 Å². The Balaban J connectivity index is 1.71. The minimum absolute atomic E-state index is 0.142. The lowest BCUT2D eigenvalue weighted by Gasteiger charge is -2.29. The minimum Gasteiger partial charge on any atom is -0.443 e. The van der Waals surface area contributed by atoms with Gasteiger partial charge in [0.15, 0.2) is 0 Å². The fourth-order valence-corrected chi connectivity index (χ4v) is 4.05. The highest BCUT2D eigenvalue weighted by molar-refractivity contribution is 5.97. The molecule has 1 saturated heterocycles. The number of amides is 1. The summed E-state index contributed by atoms with van der Waals surface area (Å²) in [5.41, 5.74) is 2.72. The fourth-order valence-electron chi connectivity index (χ4n) is 4.05. The van der Waals surface area contributed by atoms with Gasteiger partial charge in [-0.05, 0) is 43.9 Å². The molecule has 5 heteroatoms. The van der Waals surface area contributed by atoms with Gasteiger partial charge in [-0.1, -0.05) is 91.0 Å². The Hall–Kier alpha value is -3.60. The zero-order valence-electron chi connectivity index (χ0n) is 19.4. The number of rotatable bonds is 5. The van der Waals surface area contributed by atoms with Crippen LogP contribution in [-0.4, -0.2) is 29.1 Å². The third-order valence-electron chi connectivity index (χ3n) is 5.50. The average molecular weight is 442 g/mol. The van der Waals surface area contributed by atoms with E-state index >= 15 is 0 Å². The SMILES string of the molecule is CC(C)(C)OC(=O)N1C(=NCCc2ccccc2)N[C@@H](c2ccccc2)[C@H]1c1ccccc1. The van der Waals surface area contributed by atoms with E-state index in [2.05, 4.69) is 29.6 Å². The van der Waals surface area contributed by atoms with E-state index in [9.17, 15) is 4.79 Å². The molecule has 0 unspecified atom stereocenters. The highest BCUT2D eigenvalue weighted by atomic mass is 16.6. The second-order valence-electron chi connectivity index (χ2n) is 9.18. The molecule has 2 atom stereocenters. The molecule has 170 valence electrons. The first kappa shape index (κ1) is 22.6. The predicted molar refractivity (Wildman–Crippen MR) is 132 cm³/mol. The second kappa shape index (κ2) is 9.90. The molecule has 1 fully saturated rings. The maximum Gasteiger partial charge on any atom is 0.417 e. The summed E-state index contributed by atoms with van der Waals surface area (Å²) in [6.07, 6.45) is 0.390. The molecular weight excluding hydrogens is 410 g/mol. The summed E-state index contributed by atoms with van der Waals surface area (Å²) in [5, 5.41) is 3.53. The molecule has 0 aliphatic carbocycles. The van der Waals surface area contributed by atoms with Crippen molar-refractivity contribution in [2.45, 2.75) is 44.9 Å². The summed E-state index contributed by atoms with van der Waals surface area (Å²) in [6, 6.07) is 30.1. The fraction of sp³-hybridized carbons (Fsp3) is 0.286. The van der Waals surface area contributed by atoms with Crippen LogP contribution >= 0.6 is 0 Å². The molecule has 4 rings (SSSR count). The summed E-state index contributed by atoms with van der Waals surface area (Å²) in [6.45, 7) is 6.21. The number of carbonyl (C=O) groups excluding carboxylic acids is 1. The second-order valence-corrected chi connectivity index (χ2v) is 9.18. The smallest absolute Gasteiger partial charge is 0.417 e. The zero-order valence-corrected chi connectivity index (χ0v) is 19.4. The summed E-state index contributed by atoms with van der Waals surface area (Å²) < 4.78 is 5.82. The van der Waals surface area contributed by atoms with E-state index in [1.54, 1.807) is 4.90 Å². The highest BCUT2D eigenvalue weighted by Gasteiger charge is 2.44. The molecule has 1 amide bonds. The van der Waals surface area contributed by atoms with Gasteiger partial charge in [-0.3, -0.25) is 4.99 Å². The minimum atomic E-state index is -0.613. The van der Waals surface area contributed by atoms with Crippen molar-refractivity contribution in [1.29, 1.82) is 0 Å². The van der Waals surface area contributed by atoms with E-state index in [1.165, 1.54) is 5.56 Å². The summed E-state index contributed by atoms with van der Waals surface area (Å²) in [4.78, 5) is 20.0. The lowest BCUT2D eigenvalue weighted by molar-refractivity contribution is 0.0321. The maximum atomic E-state index is 13.4. The van der Waals surface area contributed by atoms with Gasteiger partial charge < -0.3 is 10.1 Å². The van der Waals surface area contributed by atoms with Crippen LogP contribution in [0.15, 0.2) is 96.0 Å². The number of nitrogens with one attached hydrogen (secondary N) is 1. The largest absolute Gasteiger partial charge is 0.443 e. The van der Waals surface area contributed by atoms with Crippen molar-refractivity contribution in [2.75, 3.05) is 6.54 Å². The number of carbonyl (C=O) groups is 1. The van der Waals surface area contributed by atoms with Crippen LogP contribution in [0.5, 0.6) is 0 Å². The Morgan fingerprint density at radius 2 is 1.42 bits per heavy atom. The topological polar surface area (TPSA) is 53.9 Å². The van der Waals surface area contributed by atoms with Crippen LogP contribution in [0.4, 0.5) is 4.79 Å². The molecule has 3 aromatic carbocycles. The van der Waals surface area contributed by atoms with Gasteiger partial charge in [0, 0.05) is 6.54 Å². The number of guanidine groups is 1. The Bertz CT molecular complexity index is 1080. The number of aliphatic imine (C=N–C) groups is 1. The van der Waals surface area contributed by atoms with Crippen molar-refractivity contribution in [3.05, 3.63) is 108 Å². The first-order chi connectivity index (χ1) is 15.9. The van der Waals surface area contributed by atoms with Gasteiger partial charge in [-0.2, -0.15) is 0 Å². The normalized spacial score (nSPS) is 19.4. The van der Waals surface area contributed by atoms with Gasteiger partial charge in [0.1, 0.15) is 5.60 Å². The monoisotopic (exact) mass is 441 g/mol. The van der Waals surface area contributed by atoms with Gasteiger partial charge in [-0.25, -0.2) is 9.69 Å². The quantitative estimate of drug-likeness (QED) is 0.536. The molecule has 0 radical (unpaired) electrons. The first-order valence-corrected chi connectivity index (χ1v) is 11.4. The molecule has 5 nitrogen and oxygen atoms in total. The van der Waals surface area contributed by atoms with Crippen molar-refractivity contribution in [3.63, 3.8) is 0 Å². The van der Waals surface area contributed by atoms with E-state index in [4.69, 9.17) is 9.73 Å². The van der Waals surface area contributed by atoms with Gasteiger partial charge >= 0.3 is 6.09 Å². The lowest BCUT2D eigenvalue weighted by atomic mass is 9.94. The molecule has 1 aliphatic heterocycles. The number of hydrogen-bond donors (Lipinski definition) is 1. The van der Waals surface area contributed by atoms with Crippen LogP contribution < -0.4 is 5.32 Å². The molecule has 0 aromatic heterocycles. The number of benzene rings is 3. The van der Waals surface area contributed by atoms with Gasteiger partial charge in [0.25, 0.3) is 0 Å². The highest BCUT2D eigenvalue weighted by Crippen LogP contribution is 2.39. The van der Waals surface area contributed by atoms with Crippen LogP contribution in [0.3, 0.4) is 0 Å². The molecule has 33 heavy (non-hydrogen) atoms. The Kier molecular flexibility index (Phi) is 6.78. The van der Waals surface area contributed by atoms with E-state index in [-0.39, 0.29) is 12.1 Å². The number of hydrogen-bond acceptors (Lipinski definition) is 3. The third kappa shape index (κ3) is 5.61. The van der Waals surface area contributed by atoms with Crippen LogP contribution in [0.2, 0.25) is 0 Å². The summed E-state index contributed by atoms with van der Waals surface area (Å²) >= 11 is 0. The van der Waals surface area contributed by atoms with Gasteiger partial charge in [0.05, 0.1) is 12.1 Å². The Morgan fingerprint density at radius 3 is 2.00 bits per heavy atom. The third-order valence-corrected chi connectivity index (χ3v) is 5.50. The van der Waals surface area contributed by atoms with E-state index in [0.29, 0.717) is 12.5 Å². The zero-order chi connectivity index (χ0) is 23.3. The van der Waals surface area contributed by atoms with Crippen molar-refractivity contribution in [3.8, 4) is 0 Å². The predicted octanol–water partition coefficient (Wildman–Crippen LogP) is 5.91. The molecule has 0 spiro atoms. The van der Waals surface area contributed by atoms with Crippen LogP contribution in [0, 0.1) is 0 Å². The molecule has 1 aliphatic rings. The summed E-state index contributed by atoms with van der Waals surface area (Å²) in [5.74, 6) is 0.544. The number of ether oxygens (including phenoxy) is 1. The van der Waals surface area contributed by atoms with E-state index in [1.807, 2.05) is 87.5 Å². The van der Waals surface area contributed by atoms with Crippen molar-refractivity contribution in [2.24, 2.45) is 4.99 Å². The van der Waals surface area contributed by atoms with Crippen molar-refractivity contribution in [1.82, 2.24) is 10.2 Å². The van der Waals surface area contributed by atoms with Gasteiger partial charge in [0.2, 0.25) is 5.96 Å². The molecule has 3 aromatic rings. The van der Waals surface area contributed by atoms with Crippen LogP contribution in [0.25, 0.3) is 0 Å². The van der Waals surface area contributed by atoms with Crippen LogP contribution in [0.1, 0.15) is 49.5 Å². The molecule has 1 heterocycles. The molecule has 0 saturated carbocycles. The van der Waals surface area contributed by atoms with Crippen LogP contribution in [-0.2, 0) is 11.2 Å². The molecule has 0 bridgehead atoms. The average Bonchev–Trinajstić information content (AvgIpc) is 3.19. The standard InChI is InChI=1S/C28H31N3O2/c1-28(2,3)33-27(32)31-25(23-17-11-6-12-18-23)24(22-15-9-5-10-16-22)30-26(31)29-20-19-21-13-7-4-8-14-21/h4-18,24-25H,19-20H2,1-3H3,(H,29,30)/t24-,25+/m0/s1. The van der Waals surface area contributed by atoms with Crippen molar-refractivity contribution < 1.29 is 9.53 Å². The molecule has 1 N–H and O–H groups in total. The molecular formula is C28H31N3O2. The lowest BCUT2D eigenvalue weighted by Crippen LogP contribution is -2.41. The van der Waals surface area contributed by atoms with Crippen molar-refractivity contribution >= 4 is 12.1 Å². The number of nitrogens with zero attached hydrogens (tertiary/aromatic N) is 2. The first-order valence-electron chi connectivity index (χ1n) is 11.4.